The normalized spacial score (nSPS) is 10.0. The highest BCUT2D eigenvalue weighted by Gasteiger charge is 2.04. The minimum Gasteiger partial charge on any atom is -0.497 e. The van der Waals surface area contributed by atoms with Gasteiger partial charge in [-0.05, 0) is 43.5 Å². The van der Waals surface area contributed by atoms with Crippen LogP contribution in [-0.4, -0.2) is 31.3 Å². The maximum atomic E-state index is 11.7. The van der Waals surface area contributed by atoms with E-state index in [1.165, 1.54) is 0 Å². The van der Waals surface area contributed by atoms with Crippen molar-refractivity contribution in [2.24, 2.45) is 0 Å². The minimum atomic E-state index is -0.0725. The second kappa shape index (κ2) is 7.68. The van der Waals surface area contributed by atoms with Gasteiger partial charge in [-0.25, -0.2) is 0 Å². The minimum absolute atomic E-state index is 0.0725. The number of methoxy groups -OCH3 is 1. The zero-order chi connectivity index (χ0) is 12.5. The average molecular weight is 237 g/mol. The van der Waals surface area contributed by atoms with Gasteiger partial charge in [-0.2, -0.15) is 0 Å². The van der Waals surface area contributed by atoms with Crippen LogP contribution in [0.4, 0.5) is 0 Å². The highest BCUT2D eigenvalue weighted by molar-refractivity contribution is 5.94. The summed E-state index contributed by atoms with van der Waals surface area (Å²) in [4.78, 5) is 11.7. The number of hydrogen-bond donors (Lipinski definition) is 2. The average Bonchev–Trinajstić information content (AvgIpc) is 2.38. The Morgan fingerprint density at radius 2 is 1.94 bits per heavy atom. The summed E-state index contributed by atoms with van der Waals surface area (Å²) in [7, 11) is 1.59. The highest BCUT2D eigenvalue weighted by atomic mass is 16.5. The van der Waals surface area contributed by atoms with Gasteiger partial charge in [-0.3, -0.25) is 4.79 Å². The summed E-state index contributed by atoms with van der Waals surface area (Å²) in [6, 6.07) is 7.01. The van der Waals surface area contributed by atoms with Crippen molar-refractivity contribution in [2.75, 3.05) is 20.3 Å². The summed E-state index contributed by atoms with van der Waals surface area (Å²) in [5.41, 5.74) is 0.632. The van der Waals surface area contributed by atoms with Crippen molar-refractivity contribution < 1.29 is 14.6 Å². The largest absolute Gasteiger partial charge is 0.497 e. The highest BCUT2D eigenvalue weighted by Crippen LogP contribution is 2.10. The van der Waals surface area contributed by atoms with Gasteiger partial charge in [0.05, 0.1) is 7.11 Å². The van der Waals surface area contributed by atoms with Gasteiger partial charge in [0.1, 0.15) is 5.75 Å². The Labute approximate surface area is 102 Å². The summed E-state index contributed by atoms with van der Waals surface area (Å²) >= 11 is 0. The topological polar surface area (TPSA) is 58.6 Å². The van der Waals surface area contributed by atoms with Crippen LogP contribution in [0.15, 0.2) is 24.3 Å². The second-order valence-electron chi connectivity index (χ2n) is 3.77. The van der Waals surface area contributed by atoms with Gasteiger partial charge < -0.3 is 15.2 Å². The van der Waals surface area contributed by atoms with Crippen molar-refractivity contribution in [3.05, 3.63) is 29.8 Å². The maximum absolute atomic E-state index is 11.7. The van der Waals surface area contributed by atoms with Crippen LogP contribution in [0.25, 0.3) is 0 Å². The van der Waals surface area contributed by atoms with Gasteiger partial charge in [0.25, 0.3) is 5.91 Å². The number of ether oxygens (including phenoxy) is 1. The molecule has 17 heavy (non-hydrogen) atoms. The van der Waals surface area contributed by atoms with E-state index in [2.05, 4.69) is 5.32 Å². The number of amides is 1. The second-order valence-corrected chi connectivity index (χ2v) is 3.77. The Morgan fingerprint density at radius 1 is 1.24 bits per heavy atom. The van der Waals surface area contributed by atoms with Crippen LogP contribution in [0.3, 0.4) is 0 Å². The van der Waals surface area contributed by atoms with E-state index < -0.39 is 0 Å². The third-order valence-electron chi connectivity index (χ3n) is 2.47. The standard InChI is InChI=1S/C13H19NO3/c1-17-12-7-5-11(6-8-12)13(16)14-9-3-2-4-10-15/h5-8,15H,2-4,9-10H2,1H3,(H,14,16). The van der Waals surface area contributed by atoms with Crippen LogP contribution in [0.2, 0.25) is 0 Å². The number of benzene rings is 1. The SMILES string of the molecule is COc1ccc(C(=O)NCCCCCO)cc1. The van der Waals surface area contributed by atoms with E-state index in [1.807, 2.05) is 0 Å². The number of nitrogens with one attached hydrogen (secondary N) is 1. The summed E-state index contributed by atoms with van der Waals surface area (Å²) in [6.45, 7) is 0.858. The first-order chi connectivity index (χ1) is 8.27. The van der Waals surface area contributed by atoms with Crippen molar-refractivity contribution in [3.63, 3.8) is 0 Å². The van der Waals surface area contributed by atoms with E-state index in [-0.39, 0.29) is 12.5 Å². The number of hydrogen-bond acceptors (Lipinski definition) is 3. The third-order valence-corrected chi connectivity index (χ3v) is 2.47. The van der Waals surface area contributed by atoms with Crippen molar-refractivity contribution in [2.45, 2.75) is 19.3 Å². The molecule has 4 nitrogen and oxygen atoms in total. The zero-order valence-electron chi connectivity index (χ0n) is 10.1. The zero-order valence-corrected chi connectivity index (χ0v) is 10.1. The number of unbranched alkanes of at least 4 members (excludes halogenated alkanes) is 2. The smallest absolute Gasteiger partial charge is 0.251 e. The summed E-state index contributed by atoms with van der Waals surface area (Å²) < 4.78 is 5.02. The molecule has 0 aromatic heterocycles. The van der Waals surface area contributed by atoms with Gasteiger partial charge in [0.15, 0.2) is 0 Å². The molecule has 0 heterocycles. The molecule has 1 aromatic carbocycles. The van der Waals surface area contributed by atoms with E-state index in [1.54, 1.807) is 31.4 Å². The molecule has 4 heteroatoms. The van der Waals surface area contributed by atoms with Crippen LogP contribution in [0.1, 0.15) is 29.6 Å². The fourth-order valence-corrected chi connectivity index (χ4v) is 1.46. The molecule has 2 N–H and O–H groups in total. The molecule has 0 aliphatic rings. The number of aliphatic hydroxyl groups is 1. The number of aliphatic hydroxyl groups excluding tert-OH is 1. The molecule has 1 rings (SSSR count). The van der Waals surface area contributed by atoms with Crippen LogP contribution in [0, 0.1) is 0 Å². The lowest BCUT2D eigenvalue weighted by molar-refractivity contribution is 0.0953. The maximum Gasteiger partial charge on any atom is 0.251 e. The lowest BCUT2D eigenvalue weighted by atomic mass is 10.2. The van der Waals surface area contributed by atoms with E-state index in [9.17, 15) is 4.79 Å². The van der Waals surface area contributed by atoms with Gasteiger partial charge in [0.2, 0.25) is 0 Å². The molecule has 0 saturated carbocycles. The fourth-order valence-electron chi connectivity index (χ4n) is 1.46. The van der Waals surface area contributed by atoms with Crippen molar-refractivity contribution in [1.82, 2.24) is 5.32 Å². The Morgan fingerprint density at radius 3 is 2.53 bits per heavy atom. The van der Waals surface area contributed by atoms with Crippen molar-refractivity contribution in [1.29, 1.82) is 0 Å². The predicted molar refractivity (Wildman–Crippen MR) is 66.3 cm³/mol. The Balaban J connectivity index is 2.31. The van der Waals surface area contributed by atoms with E-state index in [0.717, 1.165) is 25.0 Å². The van der Waals surface area contributed by atoms with E-state index >= 15 is 0 Å². The van der Waals surface area contributed by atoms with Crippen LogP contribution in [0.5, 0.6) is 5.75 Å². The van der Waals surface area contributed by atoms with Gasteiger partial charge in [-0.1, -0.05) is 0 Å². The quantitative estimate of drug-likeness (QED) is 0.708. The first-order valence-corrected chi connectivity index (χ1v) is 5.81. The Hall–Kier alpha value is -1.55. The van der Waals surface area contributed by atoms with Crippen molar-refractivity contribution in [3.8, 4) is 5.75 Å². The molecule has 0 fully saturated rings. The summed E-state index contributed by atoms with van der Waals surface area (Å²) in [5.74, 6) is 0.668. The molecule has 0 unspecified atom stereocenters. The van der Waals surface area contributed by atoms with E-state index in [0.29, 0.717) is 12.1 Å². The third kappa shape index (κ3) is 4.87. The summed E-state index contributed by atoms with van der Waals surface area (Å²) in [6.07, 6.45) is 2.61. The Bertz CT molecular complexity index is 335. The number of carbonyl (C=O) groups excluding carboxylic acids is 1. The van der Waals surface area contributed by atoms with Gasteiger partial charge in [0, 0.05) is 18.7 Å². The molecule has 0 atom stereocenters. The van der Waals surface area contributed by atoms with E-state index in [4.69, 9.17) is 9.84 Å². The summed E-state index contributed by atoms with van der Waals surface area (Å²) in [5, 5.41) is 11.4. The Kier molecular flexibility index (Phi) is 6.10. The molecule has 0 bridgehead atoms. The first kappa shape index (κ1) is 13.5. The van der Waals surface area contributed by atoms with Gasteiger partial charge >= 0.3 is 0 Å². The van der Waals surface area contributed by atoms with Gasteiger partial charge in [-0.15, -0.1) is 0 Å². The lowest BCUT2D eigenvalue weighted by Crippen LogP contribution is -2.24. The molecule has 0 aliphatic heterocycles. The monoisotopic (exact) mass is 237 g/mol. The van der Waals surface area contributed by atoms with Crippen LogP contribution >= 0.6 is 0 Å². The molecule has 0 saturated heterocycles. The first-order valence-electron chi connectivity index (χ1n) is 5.81. The molecular weight excluding hydrogens is 218 g/mol. The molecular formula is C13H19NO3. The van der Waals surface area contributed by atoms with Crippen LogP contribution in [-0.2, 0) is 0 Å². The predicted octanol–water partition coefficient (Wildman–Crippen LogP) is 1.59. The number of rotatable bonds is 7. The lowest BCUT2D eigenvalue weighted by Gasteiger charge is -2.05. The van der Waals surface area contributed by atoms with Crippen LogP contribution < -0.4 is 10.1 Å². The number of carbonyl (C=O) groups is 1. The molecule has 1 aromatic rings. The molecule has 0 radical (unpaired) electrons. The molecule has 1 amide bonds. The van der Waals surface area contributed by atoms with Crippen molar-refractivity contribution >= 4 is 5.91 Å². The molecule has 0 spiro atoms. The molecule has 94 valence electrons. The molecule has 0 aliphatic carbocycles. The fraction of sp³-hybridized carbons (Fsp3) is 0.462.